The van der Waals surface area contributed by atoms with Gasteiger partial charge in [0, 0.05) is 6.54 Å². The molecule has 4 heteroatoms. The van der Waals surface area contributed by atoms with Crippen molar-refractivity contribution >= 4 is 6.03 Å². The summed E-state index contributed by atoms with van der Waals surface area (Å²) in [7, 11) is 1.65. The van der Waals surface area contributed by atoms with E-state index in [-0.39, 0.29) is 0 Å². The zero-order valence-electron chi connectivity index (χ0n) is 10.7. The topological polar surface area (TPSA) is 64.3 Å². The normalized spacial score (nSPS) is 9.95. The van der Waals surface area contributed by atoms with E-state index in [0.717, 1.165) is 22.4 Å². The molecule has 19 heavy (non-hydrogen) atoms. The Morgan fingerprint density at radius 1 is 1.16 bits per heavy atom. The number of hydrogen-bond acceptors (Lipinski definition) is 2. The average molecular weight is 256 g/mol. The number of primary amides is 1. The number of nitrogens with two attached hydrogens (primary N) is 1. The highest BCUT2D eigenvalue weighted by atomic mass is 16.5. The fourth-order valence-corrected chi connectivity index (χ4v) is 1.85. The third-order valence-electron chi connectivity index (χ3n) is 2.80. The summed E-state index contributed by atoms with van der Waals surface area (Å²) in [6.07, 6.45) is 0. The van der Waals surface area contributed by atoms with Gasteiger partial charge in [-0.05, 0) is 34.9 Å². The second kappa shape index (κ2) is 5.91. The Balaban J connectivity index is 2.24. The first-order chi connectivity index (χ1) is 9.19. The second-order valence-corrected chi connectivity index (χ2v) is 4.15. The molecule has 3 N–H and O–H groups in total. The van der Waals surface area contributed by atoms with Gasteiger partial charge in [-0.25, -0.2) is 4.79 Å². The zero-order chi connectivity index (χ0) is 13.7. The monoisotopic (exact) mass is 256 g/mol. The van der Waals surface area contributed by atoms with Gasteiger partial charge in [-0.15, -0.1) is 0 Å². The lowest BCUT2D eigenvalue weighted by atomic mass is 10.0. The predicted octanol–water partition coefficient (Wildman–Crippen LogP) is 2.53. The maximum Gasteiger partial charge on any atom is 0.312 e. The molecule has 0 saturated heterocycles. The van der Waals surface area contributed by atoms with Crippen LogP contribution in [0.3, 0.4) is 0 Å². The van der Waals surface area contributed by atoms with E-state index in [1.165, 1.54) is 0 Å². The minimum Gasteiger partial charge on any atom is -0.497 e. The molecule has 0 fully saturated rings. The Hall–Kier alpha value is -2.49. The number of hydrogen-bond donors (Lipinski definition) is 2. The molecule has 0 aromatic heterocycles. The summed E-state index contributed by atoms with van der Waals surface area (Å²) >= 11 is 0. The number of carbonyl (C=O) groups excluding carboxylic acids is 1. The Bertz CT molecular complexity index is 582. The lowest BCUT2D eigenvalue weighted by molar-refractivity contribution is 0.248. The van der Waals surface area contributed by atoms with Gasteiger partial charge in [0.1, 0.15) is 5.75 Å². The third-order valence-corrected chi connectivity index (χ3v) is 2.80. The molecule has 2 aromatic carbocycles. The van der Waals surface area contributed by atoms with Crippen molar-refractivity contribution in [1.29, 1.82) is 0 Å². The molecule has 2 rings (SSSR count). The Morgan fingerprint density at radius 2 is 1.84 bits per heavy atom. The van der Waals surface area contributed by atoms with Crippen LogP contribution in [0.5, 0.6) is 5.75 Å². The van der Waals surface area contributed by atoms with Gasteiger partial charge in [0.25, 0.3) is 0 Å². The SMILES string of the molecule is COc1cccc(-c2cccc(CNC(N)=O)c2)c1. The molecule has 2 aromatic rings. The molecule has 0 spiro atoms. The second-order valence-electron chi connectivity index (χ2n) is 4.15. The van der Waals surface area contributed by atoms with E-state index in [2.05, 4.69) is 5.32 Å². The summed E-state index contributed by atoms with van der Waals surface area (Å²) in [5, 5.41) is 2.58. The molecule has 0 saturated carbocycles. The van der Waals surface area contributed by atoms with Gasteiger partial charge in [-0.2, -0.15) is 0 Å². The summed E-state index contributed by atoms with van der Waals surface area (Å²) in [5.41, 5.74) is 8.20. The maximum absolute atomic E-state index is 10.7. The molecular formula is C15H16N2O2. The summed E-state index contributed by atoms with van der Waals surface area (Å²) < 4.78 is 5.21. The van der Waals surface area contributed by atoms with Crippen molar-refractivity contribution in [3.8, 4) is 16.9 Å². The summed E-state index contributed by atoms with van der Waals surface area (Å²) in [6, 6.07) is 15.3. The summed E-state index contributed by atoms with van der Waals surface area (Å²) in [4.78, 5) is 10.7. The Morgan fingerprint density at radius 3 is 2.53 bits per heavy atom. The average Bonchev–Trinajstić information content (AvgIpc) is 2.45. The van der Waals surface area contributed by atoms with Crippen LogP contribution in [0.15, 0.2) is 48.5 Å². The highest BCUT2D eigenvalue weighted by Crippen LogP contribution is 2.24. The molecule has 0 aliphatic carbocycles. The van der Waals surface area contributed by atoms with Crippen LogP contribution in [0.1, 0.15) is 5.56 Å². The highest BCUT2D eigenvalue weighted by molar-refractivity contribution is 5.71. The Kier molecular flexibility index (Phi) is 4.03. The van der Waals surface area contributed by atoms with Crippen molar-refractivity contribution in [2.75, 3.05) is 7.11 Å². The first kappa shape index (κ1) is 13.0. The summed E-state index contributed by atoms with van der Waals surface area (Å²) in [6.45, 7) is 0.424. The van der Waals surface area contributed by atoms with Crippen LogP contribution in [0, 0.1) is 0 Å². The number of benzene rings is 2. The molecule has 0 heterocycles. The van der Waals surface area contributed by atoms with Crippen molar-refractivity contribution < 1.29 is 9.53 Å². The van der Waals surface area contributed by atoms with E-state index < -0.39 is 6.03 Å². The van der Waals surface area contributed by atoms with Crippen LogP contribution in [0.4, 0.5) is 4.79 Å². The number of carbonyl (C=O) groups is 1. The van der Waals surface area contributed by atoms with E-state index in [0.29, 0.717) is 6.54 Å². The molecule has 0 bridgehead atoms. The minimum absolute atomic E-state index is 0.424. The van der Waals surface area contributed by atoms with Crippen LogP contribution in [-0.4, -0.2) is 13.1 Å². The van der Waals surface area contributed by atoms with Gasteiger partial charge in [-0.3, -0.25) is 0 Å². The quantitative estimate of drug-likeness (QED) is 0.882. The molecule has 0 radical (unpaired) electrons. The van der Waals surface area contributed by atoms with Crippen LogP contribution < -0.4 is 15.8 Å². The Labute approximate surface area is 112 Å². The van der Waals surface area contributed by atoms with Crippen molar-refractivity contribution in [2.45, 2.75) is 6.54 Å². The fraction of sp³-hybridized carbons (Fsp3) is 0.133. The smallest absolute Gasteiger partial charge is 0.312 e. The molecule has 0 aliphatic rings. The van der Waals surface area contributed by atoms with E-state index >= 15 is 0 Å². The predicted molar refractivity (Wildman–Crippen MR) is 74.9 cm³/mol. The van der Waals surface area contributed by atoms with Crippen LogP contribution in [0.25, 0.3) is 11.1 Å². The van der Waals surface area contributed by atoms with Crippen LogP contribution in [-0.2, 0) is 6.54 Å². The van der Waals surface area contributed by atoms with E-state index in [9.17, 15) is 4.79 Å². The number of methoxy groups -OCH3 is 1. The molecule has 0 unspecified atom stereocenters. The van der Waals surface area contributed by atoms with Gasteiger partial charge in [0.2, 0.25) is 0 Å². The van der Waals surface area contributed by atoms with Crippen molar-refractivity contribution in [3.63, 3.8) is 0 Å². The first-order valence-electron chi connectivity index (χ1n) is 5.96. The molecule has 0 aliphatic heterocycles. The number of ether oxygens (including phenoxy) is 1. The maximum atomic E-state index is 10.7. The minimum atomic E-state index is -0.521. The first-order valence-corrected chi connectivity index (χ1v) is 5.96. The standard InChI is InChI=1S/C15H16N2O2/c1-19-14-7-3-6-13(9-14)12-5-2-4-11(8-12)10-17-15(16)18/h2-9H,10H2,1H3,(H3,16,17,18). The summed E-state index contributed by atoms with van der Waals surface area (Å²) in [5.74, 6) is 0.818. The molecular weight excluding hydrogens is 240 g/mol. The molecule has 98 valence electrons. The lowest BCUT2D eigenvalue weighted by Crippen LogP contribution is -2.28. The lowest BCUT2D eigenvalue weighted by Gasteiger charge is -2.07. The van der Waals surface area contributed by atoms with Gasteiger partial charge < -0.3 is 15.8 Å². The molecule has 0 atom stereocenters. The van der Waals surface area contributed by atoms with Gasteiger partial charge in [-0.1, -0.05) is 30.3 Å². The zero-order valence-corrected chi connectivity index (χ0v) is 10.7. The number of amides is 2. The largest absolute Gasteiger partial charge is 0.497 e. The van der Waals surface area contributed by atoms with Gasteiger partial charge in [0.05, 0.1) is 7.11 Å². The van der Waals surface area contributed by atoms with Crippen LogP contribution >= 0.6 is 0 Å². The third kappa shape index (κ3) is 3.48. The van der Waals surface area contributed by atoms with Crippen molar-refractivity contribution in [1.82, 2.24) is 5.32 Å². The van der Waals surface area contributed by atoms with Crippen molar-refractivity contribution in [3.05, 3.63) is 54.1 Å². The van der Waals surface area contributed by atoms with Crippen molar-refractivity contribution in [2.24, 2.45) is 5.73 Å². The number of nitrogens with one attached hydrogen (secondary N) is 1. The number of rotatable bonds is 4. The van der Waals surface area contributed by atoms with Crippen LogP contribution in [0.2, 0.25) is 0 Å². The molecule has 4 nitrogen and oxygen atoms in total. The number of urea groups is 1. The molecule has 2 amide bonds. The fourth-order valence-electron chi connectivity index (χ4n) is 1.85. The van der Waals surface area contributed by atoms with Gasteiger partial charge >= 0.3 is 6.03 Å². The van der Waals surface area contributed by atoms with E-state index in [1.807, 2.05) is 48.5 Å². The van der Waals surface area contributed by atoms with Gasteiger partial charge in [0.15, 0.2) is 0 Å². The van der Waals surface area contributed by atoms with E-state index in [1.54, 1.807) is 7.11 Å². The van der Waals surface area contributed by atoms with E-state index in [4.69, 9.17) is 10.5 Å². The highest BCUT2D eigenvalue weighted by Gasteiger charge is 2.01.